The standard InChI is InChI=1S/C18H30O3Si/c1-8-20-17(19)14(2)16(15-12-10-9-11-13-15)21-22(6,7)18(3,4)5/h9-14,16H,8H2,1-7H3/t14-,16+/m1/s1. The molecule has 0 unspecified atom stereocenters. The number of carbonyl (C=O) groups is 1. The maximum absolute atomic E-state index is 12.2. The number of hydrogen-bond acceptors (Lipinski definition) is 3. The zero-order chi connectivity index (χ0) is 17.0. The summed E-state index contributed by atoms with van der Waals surface area (Å²) in [4.78, 5) is 12.2. The Morgan fingerprint density at radius 1 is 1.18 bits per heavy atom. The predicted molar refractivity (Wildman–Crippen MR) is 93.3 cm³/mol. The Morgan fingerprint density at radius 2 is 1.73 bits per heavy atom. The van der Waals surface area contributed by atoms with Crippen molar-refractivity contribution in [2.45, 2.75) is 58.9 Å². The van der Waals surface area contributed by atoms with Gasteiger partial charge in [-0.3, -0.25) is 4.79 Å². The molecule has 0 amide bonds. The molecule has 0 aliphatic heterocycles. The summed E-state index contributed by atoms with van der Waals surface area (Å²) < 4.78 is 11.8. The van der Waals surface area contributed by atoms with Gasteiger partial charge in [-0.15, -0.1) is 0 Å². The molecule has 0 N–H and O–H groups in total. The van der Waals surface area contributed by atoms with Gasteiger partial charge in [-0.25, -0.2) is 0 Å². The third kappa shape index (κ3) is 4.68. The van der Waals surface area contributed by atoms with E-state index < -0.39 is 8.32 Å². The largest absolute Gasteiger partial charge is 0.466 e. The lowest BCUT2D eigenvalue weighted by atomic mass is 9.98. The van der Waals surface area contributed by atoms with E-state index in [0.717, 1.165) is 5.56 Å². The van der Waals surface area contributed by atoms with E-state index in [1.807, 2.05) is 44.2 Å². The van der Waals surface area contributed by atoms with Crippen molar-refractivity contribution in [2.24, 2.45) is 5.92 Å². The first-order valence-corrected chi connectivity index (χ1v) is 10.9. The van der Waals surface area contributed by atoms with Gasteiger partial charge < -0.3 is 9.16 Å². The summed E-state index contributed by atoms with van der Waals surface area (Å²) in [6.07, 6.45) is -0.263. The highest BCUT2D eigenvalue weighted by atomic mass is 28.4. The number of rotatable bonds is 6. The minimum Gasteiger partial charge on any atom is -0.466 e. The molecule has 1 aromatic rings. The molecule has 2 atom stereocenters. The minimum absolute atomic E-state index is 0.0917. The summed E-state index contributed by atoms with van der Waals surface area (Å²) in [7, 11) is -1.99. The smallest absolute Gasteiger partial charge is 0.311 e. The van der Waals surface area contributed by atoms with Crippen LogP contribution in [0.25, 0.3) is 0 Å². The first kappa shape index (κ1) is 18.9. The van der Waals surface area contributed by atoms with Crippen LogP contribution in [0, 0.1) is 5.92 Å². The molecule has 0 radical (unpaired) electrons. The molecule has 0 heterocycles. The third-order valence-corrected chi connectivity index (χ3v) is 8.92. The van der Waals surface area contributed by atoms with Crippen molar-refractivity contribution in [3.8, 4) is 0 Å². The van der Waals surface area contributed by atoms with Crippen molar-refractivity contribution in [2.75, 3.05) is 6.61 Å². The van der Waals surface area contributed by atoms with Crippen molar-refractivity contribution in [3.63, 3.8) is 0 Å². The summed E-state index contributed by atoms with van der Waals surface area (Å²) >= 11 is 0. The first-order valence-electron chi connectivity index (χ1n) is 7.99. The van der Waals surface area contributed by atoms with Crippen molar-refractivity contribution in [3.05, 3.63) is 35.9 Å². The van der Waals surface area contributed by atoms with Crippen LogP contribution in [0.3, 0.4) is 0 Å². The maximum atomic E-state index is 12.2. The van der Waals surface area contributed by atoms with Crippen LogP contribution in [0.4, 0.5) is 0 Å². The number of carbonyl (C=O) groups excluding carboxylic acids is 1. The van der Waals surface area contributed by atoms with Gasteiger partial charge in [-0.2, -0.15) is 0 Å². The Balaban J connectivity index is 3.11. The zero-order valence-corrected chi connectivity index (χ0v) is 16.0. The molecule has 1 rings (SSSR count). The van der Waals surface area contributed by atoms with Gasteiger partial charge in [-0.05, 0) is 37.5 Å². The molecule has 0 spiro atoms. The number of benzene rings is 1. The third-order valence-electron chi connectivity index (χ3n) is 4.47. The van der Waals surface area contributed by atoms with Gasteiger partial charge in [-0.1, -0.05) is 51.1 Å². The summed E-state index contributed by atoms with van der Waals surface area (Å²) in [5.41, 5.74) is 1.04. The summed E-state index contributed by atoms with van der Waals surface area (Å²) in [5.74, 6) is -0.522. The molecule has 3 nitrogen and oxygen atoms in total. The average molecular weight is 323 g/mol. The molecule has 0 bridgehead atoms. The van der Waals surface area contributed by atoms with Crippen LogP contribution in [-0.4, -0.2) is 20.9 Å². The summed E-state index contributed by atoms with van der Waals surface area (Å²) in [6, 6.07) is 9.98. The molecule has 0 aliphatic rings. The van der Waals surface area contributed by atoms with E-state index in [1.54, 1.807) is 0 Å². The molecule has 0 saturated heterocycles. The van der Waals surface area contributed by atoms with E-state index in [1.165, 1.54) is 0 Å². The van der Waals surface area contributed by atoms with Crippen molar-refractivity contribution in [1.82, 2.24) is 0 Å². The molecular weight excluding hydrogens is 292 g/mol. The van der Waals surface area contributed by atoms with Crippen LogP contribution >= 0.6 is 0 Å². The highest BCUT2D eigenvalue weighted by Crippen LogP contribution is 2.41. The van der Waals surface area contributed by atoms with Gasteiger partial charge in [0.05, 0.1) is 18.6 Å². The molecule has 0 aliphatic carbocycles. The van der Waals surface area contributed by atoms with Crippen LogP contribution in [0.2, 0.25) is 18.1 Å². The second-order valence-corrected chi connectivity index (χ2v) is 12.0. The Bertz CT molecular complexity index is 477. The summed E-state index contributed by atoms with van der Waals surface area (Å²) in [6.45, 7) is 15.1. The second-order valence-electron chi connectivity index (χ2n) is 7.25. The average Bonchev–Trinajstić information content (AvgIpc) is 2.44. The molecule has 1 aromatic carbocycles. The van der Waals surface area contributed by atoms with Gasteiger partial charge in [0, 0.05) is 0 Å². The topological polar surface area (TPSA) is 35.5 Å². The normalized spacial score (nSPS) is 15.2. The molecule has 124 valence electrons. The lowest BCUT2D eigenvalue weighted by molar-refractivity contribution is -0.151. The van der Waals surface area contributed by atoms with Crippen LogP contribution in [0.1, 0.15) is 46.3 Å². The lowest BCUT2D eigenvalue weighted by Gasteiger charge is -2.40. The van der Waals surface area contributed by atoms with Crippen molar-refractivity contribution >= 4 is 14.3 Å². The Morgan fingerprint density at radius 3 is 2.18 bits per heavy atom. The van der Waals surface area contributed by atoms with E-state index in [9.17, 15) is 4.79 Å². The van der Waals surface area contributed by atoms with E-state index in [-0.39, 0.29) is 23.0 Å². The van der Waals surface area contributed by atoms with Crippen LogP contribution in [0.5, 0.6) is 0 Å². The minimum atomic E-state index is -1.99. The van der Waals surface area contributed by atoms with Crippen LogP contribution in [0.15, 0.2) is 30.3 Å². The number of hydrogen-bond donors (Lipinski definition) is 0. The fourth-order valence-corrected chi connectivity index (χ4v) is 3.32. The van der Waals surface area contributed by atoms with Crippen molar-refractivity contribution in [1.29, 1.82) is 0 Å². The molecule has 0 fully saturated rings. The number of esters is 1. The monoisotopic (exact) mass is 322 g/mol. The van der Waals surface area contributed by atoms with Gasteiger partial charge in [0.2, 0.25) is 0 Å². The predicted octanol–water partition coefficient (Wildman–Crippen LogP) is 4.95. The maximum Gasteiger partial charge on any atom is 0.311 e. The van der Waals surface area contributed by atoms with Gasteiger partial charge in [0.25, 0.3) is 0 Å². The summed E-state index contributed by atoms with van der Waals surface area (Å²) in [5, 5.41) is 0.0917. The Kier molecular flexibility index (Phi) is 6.38. The van der Waals surface area contributed by atoms with Gasteiger partial charge in [0.15, 0.2) is 8.32 Å². The first-order chi connectivity index (χ1) is 10.1. The fraction of sp³-hybridized carbons (Fsp3) is 0.611. The van der Waals surface area contributed by atoms with E-state index >= 15 is 0 Å². The Hall–Kier alpha value is -1.13. The number of ether oxygens (including phenoxy) is 1. The van der Waals surface area contributed by atoms with Crippen LogP contribution in [-0.2, 0) is 14.0 Å². The molecule has 0 aromatic heterocycles. The fourth-order valence-electron chi connectivity index (χ4n) is 1.99. The van der Waals surface area contributed by atoms with E-state index in [0.29, 0.717) is 6.61 Å². The zero-order valence-electron chi connectivity index (χ0n) is 15.0. The quantitative estimate of drug-likeness (QED) is 0.549. The van der Waals surface area contributed by atoms with Crippen LogP contribution < -0.4 is 0 Å². The molecular formula is C18H30O3Si. The van der Waals surface area contributed by atoms with Crippen molar-refractivity contribution < 1.29 is 14.0 Å². The van der Waals surface area contributed by atoms with Gasteiger partial charge in [0.1, 0.15) is 0 Å². The molecule has 22 heavy (non-hydrogen) atoms. The highest BCUT2D eigenvalue weighted by molar-refractivity contribution is 6.74. The highest BCUT2D eigenvalue weighted by Gasteiger charge is 2.41. The second kappa shape index (κ2) is 7.42. The Labute approximate surface area is 136 Å². The molecule has 4 heteroatoms. The van der Waals surface area contributed by atoms with Gasteiger partial charge >= 0.3 is 5.97 Å². The lowest BCUT2D eigenvalue weighted by Crippen LogP contribution is -2.43. The van der Waals surface area contributed by atoms with E-state index in [4.69, 9.17) is 9.16 Å². The SMILES string of the molecule is CCOC(=O)[C@H](C)[C@H](O[Si](C)(C)C(C)(C)C)c1ccccc1. The van der Waals surface area contributed by atoms with E-state index in [2.05, 4.69) is 33.9 Å². The molecule has 0 saturated carbocycles.